The summed E-state index contributed by atoms with van der Waals surface area (Å²) in [6.45, 7) is 1.77. The van der Waals surface area contributed by atoms with Crippen LogP contribution in [0.3, 0.4) is 0 Å². The van der Waals surface area contributed by atoms with Crippen LogP contribution < -0.4 is 4.74 Å². The van der Waals surface area contributed by atoms with Crippen molar-refractivity contribution in [3.8, 4) is 16.9 Å². The van der Waals surface area contributed by atoms with Gasteiger partial charge in [-0.05, 0) is 36.2 Å². The highest BCUT2D eigenvalue weighted by atomic mass is 19.1. The number of aromatic nitrogens is 1. The van der Waals surface area contributed by atoms with Crippen LogP contribution in [-0.4, -0.2) is 12.1 Å². The summed E-state index contributed by atoms with van der Waals surface area (Å²) in [5.74, 6) is 0.334. The Hall–Kier alpha value is -1.90. The fourth-order valence-corrected chi connectivity index (χ4v) is 1.58. The summed E-state index contributed by atoms with van der Waals surface area (Å²) in [6.07, 6.45) is 0. The van der Waals surface area contributed by atoms with Crippen molar-refractivity contribution in [2.75, 3.05) is 7.11 Å². The Labute approximate surface area is 93.7 Å². The standard InChI is InChI=1S/C13H12FNO/c1-9-7-11(8-13(14)15-9)10-3-5-12(16-2)6-4-10/h3-8H,1-2H3. The van der Waals surface area contributed by atoms with Gasteiger partial charge in [0.15, 0.2) is 0 Å². The highest BCUT2D eigenvalue weighted by molar-refractivity contribution is 5.64. The summed E-state index contributed by atoms with van der Waals surface area (Å²) in [5.41, 5.74) is 2.45. The first kappa shape index (κ1) is 10.6. The minimum Gasteiger partial charge on any atom is -0.497 e. The Morgan fingerprint density at radius 2 is 1.75 bits per heavy atom. The molecule has 2 rings (SSSR count). The molecule has 0 fully saturated rings. The molecule has 0 unspecified atom stereocenters. The third kappa shape index (κ3) is 2.19. The van der Waals surface area contributed by atoms with Gasteiger partial charge in [-0.2, -0.15) is 4.39 Å². The van der Waals surface area contributed by atoms with E-state index in [1.54, 1.807) is 14.0 Å². The number of pyridine rings is 1. The summed E-state index contributed by atoms with van der Waals surface area (Å²) < 4.78 is 18.2. The largest absolute Gasteiger partial charge is 0.497 e. The molecule has 0 bridgehead atoms. The van der Waals surface area contributed by atoms with E-state index >= 15 is 0 Å². The van der Waals surface area contributed by atoms with Gasteiger partial charge in [-0.15, -0.1) is 0 Å². The SMILES string of the molecule is COc1ccc(-c2cc(C)nc(F)c2)cc1. The van der Waals surface area contributed by atoms with Crippen molar-refractivity contribution in [2.24, 2.45) is 0 Å². The van der Waals surface area contributed by atoms with Gasteiger partial charge < -0.3 is 4.74 Å². The van der Waals surface area contributed by atoms with Crippen LogP contribution >= 0.6 is 0 Å². The molecule has 0 saturated heterocycles. The van der Waals surface area contributed by atoms with Crippen LogP contribution in [0.2, 0.25) is 0 Å². The molecule has 0 radical (unpaired) electrons. The molecular weight excluding hydrogens is 205 g/mol. The van der Waals surface area contributed by atoms with E-state index < -0.39 is 5.95 Å². The average molecular weight is 217 g/mol. The maximum absolute atomic E-state index is 13.1. The van der Waals surface area contributed by atoms with Crippen LogP contribution in [0.4, 0.5) is 4.39 Å². The smallest absolute Gasteiger partial charge is 0.213 e. The number of benzene rings is 1. The van der Waals surface area contributed by atoms with Gasteiger partial charge in [0.1, 0.15) is 5.75 Å². The highest BCUT2D eigenvalue weighted by Gasteiger charge is 2.02. The zero-order valence-corrected chi connectivity index (χ0v) is 9.20. The topological polar surface area (TPSA) is 22.1 Å². The van der Waals surface area contributed by atoms with E-state index in [2.05, 4.69) is 4.98 Å². The van der Waals surface area contributed by atoms with Crippen molar-refractivity contribution in [1.82, 2.24) is 4.98 Å². The van der Waals surface area contributed by atoms with E-state index in [0.29, 0.717) is 5.69 Å². The molecule has 0 N–H and O–H groups in total. The second-order valence-electron chi connectivity index (χ2n) is 3.55. The minimum atomic E-state index is -0.453. The Bertz CT molecular complexity index is 474. The van der Waals surface area contributed by atoms with Gasteiger partial charge in [0.2, 0.25) is 5.95 Å². The summed E-state index contributed by atoms with van der Waals surface area (Å²) in [7, 11) is 1.62. The van der Waals surface area contributed by atoms with Crippen LogP contribution in [-0.2, 0) is 0 Å². The third-order valence-electron chi connectivity index (χ3n) is 2.35. The fraction of sp³-hybridized carbons (Fsp3) is 0.154. The number of hydrogen-bond donors (Lipinski definition) is 0. The number of ether oxygens (including phenoxy) is 1. The molecule has 3 heteroatoms. The van der Waals surface area contributed by atoms with E-state index in [9.17, 15) is 4.39 Å². The second kappa shape index (κ2) is 4.31. The maximum atomic E-state index is 13.1. The van der Waals surface area contributed by atoms with Gasteiger partial charge in [0.25, 0.3) is 0 Å². The molecule has 2 nitrogen and oxygen atoms in total. The lowest BCUT2D eigenvalue weighted by atomic mass is 10.1. The lowest BCUT2D eigenvalue weighted by Crippen LogP contribution is -1.89. The number of aryl methyl sites for hydroxylation is 1. The summed E-state index contributed by atoms with van der Waals surface area (Å²) in [5, 5.41) is 0. The molecular formula is C13H12FNO. The molecule has 0 aliphatic heterocycles. The van der Waals surface area contributed by atoms with Gasteiger partial charge in [0, 0.05) is 11.8 Å². The number of nitrogens with zero attached hydrogens (tertiary/aromatic N) is 1. The summed E-state index contributed by atoms with van der Waals surface area (Å²) in [6, 6.07) is 10.8. The van der Waals surface area contributed by atoms with Crippen LogP contribution in [0.25, 0.3) is 11.1 Å². The lowest BCUT2D eigenvalue weighted by molar-refractivity contribution is 0.415. The monoisotopic (exact) mass is 217 g/mol. The van der Waals surface area contributed by atoms with Gasteiger partial charge in [-0.25, -0.2) is 4.98 Å². The van der Waals surface area contributed by atoms with E-state index in [1.165, 1.54) is 6.07 Å². The molecule has 0 atom stereocenters. The number of halogens is 1. The minimum absolute atomic E-state index is 0.453. The summed E-state index contributed by atoms with van der Waals surface area (Å²) >= 11 is 0. The fourth-order valence-electron chi connectivity index (χ4n) is 1.58. The first-order valence-corrected chi connectivity index (χ1v) is 4.97. The quantitative estimate of drug-likeness (QED) is 0.720. The van der Waals surface area contributed by atoms with Gasteiger partial charge in [-0.1, -0.05) is 12.1 Å². The van der Waals surface area contributed by atoms with Gasteiger partial charge in [-0.3, -0.25) is 0 Å². The predicted molar refractivity (Wildman–Crippen MR) is 60.9 cm³/mol. The third-order valence-corrected chi connectivity index (χ3v) is 2.35. The first-order chi connectivity index (χ1) is 7.69. The van der Waals surface area contributed by atoms with E-state index in [-0.39, 0.29) is 0 Å². The van der Waals surface area contributed by atoms with Crippen molar-refractivity contribution in [3.05, 3.63) is 48.0 Å². The zero-order valence-electron chi connectivity index (χ0n) is 9.20. The Morgan fingerprint density at radius 3 is 2.31 bits per heavy atom. The Morgan fingerprint density at radius 1 is 1.06 bits per heavy atom. The van der Waals surface area contributed by atoms with Crippen LogP contribution in [0.1, 0.15) is 5.69 Å². The van der Waals surface area contributed by atoms with E-state index in [1.807, 2.05) is 30.3 Å². The Kier molecular flexibility index (Phi) is 2.86. The number of methoxy groups -OCH3 is 1. The molecule has 0 spiro atoms. The molecule has 0 aliphatic carbocycles. The van der Waals surface area contributed by atoms with Crippen molar-refractivity contribution < 1.29 is 9.13 Å². The first-order valence-electron chi connectivity index (χ1n) is 4.97. The predicted octanol–water partition coefficient (Wildman–Crippen LogP) is 3.20. The Balaban J connectivity index is 2.42. The van der Waals surface area contributed by atoms with Crippen molar-refractivity contribution in [1.29, 1.82) is 0 Å². The molecule has 82 valence electrons. The lowest BCUT2D eigenvalue weighted by Gasteiger charge is -2.04. The van der Waals surface area contributed by atoms with E-state index in [0.717, 1.165) is 16.9 Å². The average Bonchev–Trinajstić information content (AvgIpc) is 2.28. The van der Waals surface area contributed by atoms with Gasteiger partial charge in [0.05, 0.1) is 7.11 Å². The van der Waals surface area contributed by atoms with Crippen LogP contribution in [0.15, 0.2) is 36.4 Å². The molecule has 0 saturated carbocycles. The molecule has 1 heterocycles. The maximum Gasteiger partial charge on any atom is 0.213 e. The van der Waals surface area contributed by atoms with Crippen LogP contribution in [0, 0.1) is 12.9 Å². The van der Waals surface area contributed by atoms with Crippen molar-refractivity contribution in [3.63, 3.8) is 0 Å². The molecule has 1 aromatic carbocycles. The number of hydrogen-bond acceptors (Lipinski definition) is 2. The highest BCUT2D eigenvalue weighted by Crippen LogP contribution is 2.23. The molecule has 0 amide bonds. The molecule has 1 aromatic heterocycles. The van der Waals surface area contributed by atoms with Crippen molar-refractivity contribution >= 4 is 0 Å². The number of rotatable bonds is 2. The zero-order chi connectivity index (χ0) is 11.5. The molecule has 0 aliphatic rings. The normalized spacial score (nSPS) is 10.2. The summed E-state index contributed by atoms with van der Waals surface area (Å²) in [4.78, 5) is 3.70. The van der Waals surface area contributed by atoms with E-state index in [4.69, 9.17) is 4.74 Å². The second-order valence-corrected chi connectivity index (χ2v) is 3.55. The molecule has 16 heavy (non-hydrogen) atoms. The molecule has 2 aromatic rings. The van der Waals surface area contributed by atoms with Crippen LogP contribution in [0.5, 0.6) is 5.75 Å². The van der Waals surface area contributed by atoms with Gasteiger partial charge >= 0.3 is 0 Å². The van der Waals surface area contributed by atoms with Crippen molar-refractivity contribution in [2.45, 2.75) is 6.92 Å².